The van der Waals surface area contributed by atoms with Gasteiger partial charge in [-0.2, -0.15) is 0 Å². The van der Waals surface area contributed by atoms with Crippen LogP contribution in [0, 0.1) is 20.4 Å². The van der Waals surface area contributed by atoms with Crippen molar-refractivity contribution in [2.24, 2.45) is 0 Å². The number of pyridine rings is 1. The Morgan fingerprint density at radius 1 is 1.23 bits per heavy atom. The summed E-state index contributed by atoms with van der Waals surface area (Å²) in [4.78, 5) is 7.95. The highest BCUT2D eigenvalue weighted by Crippen LogP contribution is 2.41. The van der Waals surface area contributed by atoms with Gasteiger partial charge in [-0.05, 0) is 61.8 Å². The molecule has 0 spiro atoms. The highest BCUT2D eigenvalue weighted by Gasteiger charge is 2.26. The first-order valence-electron chi connectivity index (χ1n) is 8.90. The normalized spacial score (nSPS) is 19.8. The Morgan fingerprint density at radius 3 is 2.73 bits per heavy atom. The number of hydrogen-bond donors (Lipinski definition) is 2. The van der Waals surface area contributed by atoms with Gasteiger partial charge in [0, 0.05) is 35.1 Å². The molecule has 4 rings (SSSR count). The maximum Gasteiger partial charge on any atom is 0.190 e. The lowest BCUT2D eigenvalue weighted by Gasteiger charge is -2.14. The van der Waals surface area contributed by atoms with E-state index in [-0.39, 0.29) is 12.1 Å². The summed E-state index contributed by atoms with van der Waals surface area (Å²) in [5, 5.41) is 11.0. The number of nitrogens with zero attached hydrogens (tertiary/aromatic N) is 3. The van der Waals surface area contributed by atoms with E-state index in [2.05, 4.69) is 26.7 Å². The van der Waals surface area contributed by atoms with E-state index in [0.717, 1.165) is 52.4 Å². The van der Waals surface area contributed by atoms with Crippen LogP contribution in [0.25, 0.3) is 26.9 Å². The van der Waals surface area contributed by atoms with Crippen LogP contribution in [0.5, 0.6) is 0 Å². The van der Waals surface area contributed by atoms with Crippen LogP contribution in [0.4, 0.5) is 11.4 Å². The third kappa shape index (κ3) is 2.54. The topological polar surface area (TPSA) is 68.4 Å². The minimum absolute atomic E-state index is 0.236. The fourth-order valence-corrected chi connectivity index (χ4v) is 4.03. The summed E-state index contributed by atoms with van der Waals surface area (Å²) < 4.78 is 2.27. The molecule has 0 aliphatic heterocycles. The number of hydrogen-bond acceptors (Lipinski definition) is 3. The third-order valence-electron chi connectivity index (χ3n) is 5.59. The lowest BCUT2D eigenvalue weighted by Crippen LogP contribution is -2.06. The van der Waals surface area contributed by atoms with Crippen molar-refractivity contribution in [3.63, 3.8) is 0 Å². The van der Waals surface area contributed by atoms with Crippen molar-refractivity contribution in [1.29, 1.82) is 0 Å². The number of anilines is 1. The average Bonchev–Trinajstić information content (AvgIpc) is 3.20. The summed E-state index contributed by atoms with van der Waals surface area (Å²) in [6.45, 7) is 11.4. The summed E-state index contributed by atoms with van der Waals surface area (Å²) >= 11 is 0. The minimum Gasteiger partial charge on any atom is -0.397 e. The number of rotatable bonds is 2. The van der Waals surface area contributed by atoms with Gasteiger partial charge in [0.1, 0.15) is 0 Å². The fourth-order valence-electron chi connectivity index (χ4n) is 4.03. The summed E-state index contributed by atoms with van der Waals surface area (Å²) in [5.74, 6) is 0. The zero-order chi connectivity index (χ0) is 18.4. The number of nitrogen functional groups attached to an aromatic ring is 1. The van der Waals surface area contributed by atoms with Gasteiger partial charge in [0.15, 0.2) is 5.69 Å². The van der Waals surface area contributed by atoms with Crippen LogP contribution in [0.3, 0.4) is 0 Å². The standard InChI is InChI=1S/C21H22N4O/c1-12-6-21-16(8-20(12)23-3)18(17-9-24-10-19(22)13(17)2)11-25(21)14-4-5-15(26)7-14/h6,8-11,14-15,26H,4-5,7,22H2,1-2H3. The molecule has 132 valence electrons. The molecule has 1 fully saturated rings. The molecule has 0 amide bonds. The highest BCUT2D eigenvalue weighted by molar-refractivity contribution is 5.99. The Bertz CT molecular complexity index is 1040. The van der Waals surface area contributed by atoms with Crippen molar-refractivity contribution in [2.45, 2.75) is 45.3 Å². The maximum atomic E-state index is 9.99. The summed E-state index contributed by atoms with van der Waals surface area (Å²) in [6, 6.07) is 4.33. The highest BCUT2D eigenvalue weighted by atomic mass is 16.3. The minimum atomic E-state index is -0.236. The van der Waals surface area contributed by atoms with Crippen molar-refractivity contribution in [1.82, 2.24) is 9.55 Å². The average molecular weight is 346 g/mol. The van der Waals surface area contributed by atoms with Crippen molar-refractivity contribution >= 4 is 22.3 Å². The van der Waals surface area contributed by atoms with Gasteiger partial charge in [-0.3, -0.25) is 4.98 Å². The van der Waals surface area contributed by atoms with Gasteiger partial charge in [0.05, 0.1) is 24.6 Å². The van der Waals surface area contributed by atoms with E-state index in [1.807, 2.05) is 26.1 Å². The quantitative estimate of drug-likeness (QED) is 0.669. The van der Waals surface area contributed by atoms with E-state index in [0.29, 0.717) is 11.4 Å². The molecule has 2 unspecified atom stereocenters. The van der Waals surface area contributed by atoms with Crippen LogP contribution in [0.1, 0.15) is 36.4 Å². The predicted octanol–water partition coefficient (Wildman–Crippen LogP) is 4.54. The lowest BCUT2D eigenvalue weighted by atomic mass is 10.00. The van der Waals surface area contributed by atoms with E-state index in [9.17, 15) is 5.11 Å². The summed E-state index contributed by atoms with van der Waals surface area (Å²) in [5.41, 5.74) is 12.5. The number of aryl methyl sites for hydroxylation is 1. The molecule has 2 aromatic heterocycles. The van der Waals surface area contributed by atoms with E-state index in [1.165, 1.54) is 0 Å². The first kappa shape index (κ1) is 16.6. The zero-order valence-corrected chi connectivity index (χ0v) is 15.0. The molecule has 2 heterocycles. The van der Waals surface area contributed by atoms with E-state index in [1.54, 1.807) is 6.20 Å². The molecule has 5 heteroatoms. The molecule has 3 aromatic rings. The number of aliphatic hydroxyl groups excluding tert-OH is 1. The maximum absolute atomic E-state index is 9.99. The first-order chi connectivity index (χ1) is 12.5. The van der Waals surface area contributed by atoms with E-state index >= 15 is 0 Å². The van der Waals surface area contributed by atoms with Gasteiger partial charge in [-0.15, -0.1) is 0 Å². The Morgan fingerprint density at radius 2 is 2.04 bits per heavy atom. The second kappa shape index (κ2) is 6.15. The van der Waals surface area contributed by atoms with E-state index < -0.39 is 0 Å². The monoisotopic (exact) mass is 346 g/mol. The molecule has 0 bridgehead atoms. The number of aliphatic hydroxyl groups is 1. The Kier molecular flexibility index (Phi) is 3.93. The van der Waals surface area contributed by atoms with Crippen LogP contribution < -0.4 is 5.73 Å². The first-order valence-corrected chi connectivity index (χ1v) is 8.90. The number of fused-ring (bicyclic) bond motifs is 1. The van der Waals surface area contributed by atoms with Gasteiger partial charge in [-0.1, -0.05) is 0 Å². The van der Waals surface area contributed by atoms with Crippen molar-refractivity contribution in [2.75, 3.05) is 5.73 Å². The molecular weight excluding hydrogens is 324 g/mol. The Labute approximate surface area is 152 Å². The number of nitrogens with two attached hydrogens (primary N) is 1. The second-order valence-electron chi connectivity index (χ2n) is 7.24. The molecule has 1 aliphatic rings. The number of benzene rings is 1. The van der Waals surface area contributed by atoms with Gasteiger partial charge >= 0.3 is 0 Å². The smallest absolute Gasteiger partial charge is 0.190 e. The van der Waals surface area contributed by atoms with Crippen molar-refractivity contribution < 1.29 is 5.11 Å². The molecule has 0 saturated heterocycles. The van der Waals surface area contributed by atoms with Gasteiger partial charge < -0.3 is 15.4 Å². The third-order valence-corrected chi connectivity index (χ3v) is 5.59. The van der Waals surface area contributed by atoms with Gasteiger partial charge in [0.25, 0.3) is 0 Å². The molecule has 26 heavy (non-hydrogen) atoms. The molecule has 5 nitrogen and oxygen atoms in total. The number of aromatic nitrogens is 2. The van der Waals surface area contributed by atoms with Crippen LogP contribution in [0.15, 0.2) is 30.7 Å². The van der Waals surface area contributed by atoms with Gasteiger partial charge in [-0.25, -0.2) is 4.85 Å². The molecule has 1 aromatic carbocycles. The fraction of sp³-hybridized carbons (Fsp3) is 0.333. The second-order valence-corrected chi connectivity index (χ2v) is 7.24. The van der Waals surface area contributed by atoms with Crippen LogP contribution in [-0.2, 0) is 0 Å². The SMILES string of the molecule is [C-]#[N+]c1cc2c(-c3cncc(N)c3C)cn(C3CCC(O)C3)c2cc1C. The predicted molar refractivity (Wildman–Crippen MR) is 104 cm³/mol. The van der Waals surface area contributed by atoms with Crippen molar-refractivity contribution in [3.05, 3.63) is 53.3 Å². The molecule has 0 radical (unpaired) electrons. The van der Waals surface area contributed by atoms with E-state index in [4.69, 9.17) is 12.3 Å². The van der Waals surface area contributed by atoms with Gasteiger partial charge in [0.2, 0.25) is 0 Å². The Hall–Kier alpha value is -2.84. The molecule has 2 atom stereocenters. The van der Waals surface area contributed by atoms with Crippen LogP contribution in [-0.4, -0.2) is 20.8 Å². The largest absolute Gasteiger partial charge is 0.397 e. The molecule has 3 N–H and O–H groups in total. The van der Waals surface area contributed by atoms with Crippen LogP contribution in [0.2, 0.25) is 0 Å². The van der Waals surface area contributed by atoms with Crippen LogP contribution >= 0.6 is 0 Å². The zero-order valence-electron chi connectivity index (χ0n) is 15.0. The molecule has 1 saturated carbocycles. The Balaban J connectivity index is 2.01. The summed E-state index contributed by atoms with van der Waals surface area (Å²) in [6.07, 6.45) is 7.97. The lowest BCUT2D eigenvalue weighted by molar-refractivity contribution is 0.178. The summed E-state index contributed by atoms with van der Waals surface area (Å²) in [7, 11) is 0. The van der Waals surface area contributed by atoms with Crippen molar-refractivity contribution in [3.8, 4) is 11.1 Å². The molecular formula is C21H22N4O. The molecule has 1 aliphatic carbocycles.